The molecule has 2 heterocycles. The summed E-state index contributed by atoms with van der Waals surface area (Å²) in [5.74, 6) is -0.112. The summed E-state index contributed by atoms with van der Waals surface area (Å²) < 4.78 is 6.29. The molecule has 2 aromatic carbocycles. The molecular formula is C24H24N4O4. The second-order valence-electron chi connectivity index (χ2n) is 7.41. The lowest BCUT2D eigenvalue weighted by Gasteiger charge is -2.13. The number of rotatable bonds is 7. The van der Waals surface area contributed by atoms with Crippen molar-refractivity contribution in [3.05, 3.63) is 86.7 Å². The zero-order chi connectivity index (χ0) is 22.7. The van der Waals surface area contributed by atoms with Crippen LogP contribution in [0.4, 0.5) is 0 Å². The van der Waals surface area contributed by atoms with Gasteiger partial charge in [-0.2, -0.15) is 0 Å². The Bertz CT molecular complexity index is 1400. The van der Waals surface area contributed by atoms with Gasteiger partial charge in [0.05, 0.1) is 18.8 Å². The van der Waals surface area contributed by atoms with Gasteiger partial charge in [0.15, 0.2) is 0 Å². The van der Waals surface area contributed by atoms with Crippen molar-refractivity contribution in [2.24, 2.45) is 4.99 Å². The minimum atomic E-state index is -0.764. The number of para-hydroxylation sites is 3. The van der Waals surface area contributed by atoms with Gasteiger partial charge in [-0.15, -0.1) is 0 Å². The predicted octanol–water partition coefficient (Wildman–Crippen LogP) is 3.16. The van der Waals surface area contributed by atoms with E-state index in [2.05, 4.69) is 21.0 Å². The molecule has 0 fully saturated rings. The number of ether oxygens (including phenoxy) is 1. The molecular weight excluding hydrogens is 408 g/mol. The van der Waals surface area contributed by atoms with E-state index < -0.39 is 17.1 Å². The summed E-state index contributed by atoms with van der Waals surface area (Å²) in [6.45, 7) is 2.01. The first-order valence-electron chi connectivity index (χ1n) is 10.3. The van der Waals surface area contributed by atoms with Crippen molar-refractivity contribution in [1.82, 2.24) is 14.5 Å². The Balaban J connectivity index is 1.70. The smallest absolute Gasteiger partial charge is 0.335 e. The average molecular weight is 432 g/mol. The fourth-order valence-electron chi connectivity index (χ4n) is 3.73. The Morgan fingerprint density at radius 2 is 1.91 bits per heavy atom. The molecule has 0 saturated heterocycles. The predicted molar refractivity (Wildman–Crippen MR) is 125 cm³/mol. The highest BCUT2D eigenvalue weighted by Gasteiger charge is 2.17. The van der Waals surface area contributed by atoms with Gasteiger partial charge in [0.2, 0.25) is 5.88 Å². The van der Waals surface area contributed by atoms with Crippen LogP contribution in [-0.4, -0.2) is 39.0 Å². The Hall–Kier alpha value is -4.07. The van der Waals surface area contributed by atoms with Gasteiger partial charge in [-0.05, 0) is 36.6 Å². The van der Waals surface area contributed by atoms with Gasteiger partial charge in [-0.1, -0.05) is 37.3 Å². The quantitative estimate of drug-likeness (QED) is 0.389. The summed E-state index contributed by atoms with van der Waals surface area (Å²) in [5.41, 5.74) is 0.937. The molecule has 0 aliphatic rings. The van der Waals surface area contributed by atoms with Crippen LogP contribution in [0.25, 0.3) is 16.6 Å². The van der Waals surface area contributed by atoms with Gasteiger partial charge in [-0.3, -0.25) is 14.8 Å². The van der Waals surface area contributed by atoms with Crippen LogP contribution in [0.5, 0.6) is 11.6 Å². The highest BCUT2D eigenvalue weighted by molar-refractivity contribution is 5.84. The summed E-state index contributed by atoms with van der Waals surface area (Å²) in [5, 5.41) is 11.9. The summed E-state index contributed by atoms with van der Waals surface area (Å²) in [6.07, 6.45) is 4.71. The third-order valence-corrected chi connectivity index (χ3v) is 5.46. The maximum absolute atomic E-state index is 12.5. The van der Waals surface area contributed by atoms with Gasteiger partial charge in [-0.25, -0.2) is 9.36 Å². The Kier molecular flexibility index (Phi) is 5.93. The molecule has 0 aliphatic heterocycles. The summed E-state index contributed by atoms with van der Waals surface area (Å²) >= 11 is 0. The second kappa shape index (κ2) is 8.97. The highest BCUT2D eigenvalue weighted by Crippen LogP contribution is 2.25. The number of hydrogen-bond acceptors (Lipinski definition) is 5. The molecule has 0 saturated carbocycles. The van der Waals surface area contributed by atoms with E-state index in [-0.39, 0.29) is 11.6 Å². The van der Waals surface area contributed by atoms with Crippen molar-refractivity contribution in [3.8, 4) is 17.3 Å². The molecule has 0 aliphatic carbocycles. The number of benzene rings is 2. The van der Waals surface area contributed by atoms with Crippen LogP contribution >= 0.6 is 0 Å². The van der Waals surface area contributed by atoms with Crippen LogP contribution in [0.3, 0.4) is 0 Å². The van der Waals surface area contributed by atoms with Crippen LogP contribution in [0.1, 0.15) is 24.5 Å². The zero-order valence-electron chi connectivity index (χ0n) is 17.8. The molecule has 4 aromatic rings. The molecule has 8 heteroatoms. The van der Waals surface area contributed by atoms with E-state index in [0.717, 1.165) is 27.5 Å². The second-order valence-corrected chi connectivity index (χ2v) is 7.41. The van der Waals surface area contributed by atoms with Crippen molar-refractivity contribution in [3.63, 3.8) is 0 Å². The molecule has 0 amide bonds. The van der Waals surface area contributed by atoms with Crippen molar-refractivity contribution in [1.29, 1.82) is 0 Å². The fourth-order valence-corrected chi connectivity index (χ4v) is 3.73. The van der Waals surface area contributed by atoms with Crippen molar-refractivity contribution in [2.75, 3.05) is 7.11 Å². The number of nitrogens with zero attached hydrogens (tertiary/aromatic N) is 2. The molecule has 8 nitrogen and oxygen atoms in total. The maximum atomic E-state index is 12.5. The first-order chi connectivity index (χ1) is 15.5. The molecule has 0 radical (unpaired) electrons. The van der Waals surface area contributed by atoms with Crippen LogP contribution < -0.4 is 16.0 Å². The molecule has 1 unspecified atom stereocenters. The summed E-state index contributed by atoms with van der Waals surface area (Å²) in [4.78, 5) is 35.0. The number of aromatic hydroxyl groups is 1. The monoisotopic (exact) mass is 432 g/mol. The topological polar surface area (TPSA) is 112 Å². The van der Waals surface area contributed by atoms with Crippen LogP contribution in [0, 0.1) is 0 Å². The molecule has 164 valence electrons. The number of aliphatic imine (C=N–C) groups is 1. The maximum Gasteiger partial charge on any atom is 0.335 e. The van der Waals surface area contributed by atoms with Crippen LogP contribution in [-0.2, 0) is 6.42 Å². The molecule has 3 N–H and O–H groups in total. The SMILES string of the molecule is CCC(Cc1c[nH]c2ccccc12)N=Cc1c(O)n(-c2ccccc2OC)c(=O)[nH]c1=O. The summed E-state index contributed by atoms with van der Waals surface area (Å²) in [6, 6.07) is 14.6. The number of hydrogen-bond donors (Lipinski definition) is 3. The number of aromatic nitrogens is 3. The third kappa shape index (κ3) is 3.94. The normalized spacial score (nSPS) is 12.4. The minimum Gasteiger partial charge on any atom is -0.495 e. The van der Waals surface area contributed by atoms with Gasteiger partial charge in [0, 0.05) is 23.3 Å². The highest BCUT2D eigenvalue weighted by atomic mass is 16.5. The number of fused-ring (bicyclic) bond motifs is 1. The van der Waals surface area contributed by atoms with E-state index in [1.807, 2.05) is 31.3 Å². The number of nitrogens with one attached hydrogen (secondary N) is 2. The van der Waals surface area contributed by atoms with E-state index in [4.69, 9.17) is 4.74 Å². The van der Waals surface area contributed by atoms with Gasteiger partial charge < -0.3 is 14.8 Å². The minimum absolute atomic E-state index is 0.0899. The lowest BCUT2D eigenvalue weighted by Crippen LogP contribution is -2.31. The zero-order valence-corrected chi connectivity index (χ0v) is 17.8. The van der Waals surface area contributed by atoms with E-state index in [0.29, 0.717) is 17.9 Å². The molecule has 2 aromatic heterocycles. The van der Waals surface area contributed by atoms with Crippen LogP contribution in [0.15, 0.2) is 69.3 Å². The largest absolute Gasteiger partial charge is 0.495 e. The van der Waals surface area contributed by atoms with E-state index in [1.165, 1.54) is 13.3 Å². The van der Waals surface area contributed by atoms with E-state index in [1.54, 1.807) is 24.3 Å². The van der Waals surface area contributed by atoms with Crippen molar-refractivity contribution >= 4 is 17.1 Å². The lowest BCUT2D eigenvalue weighted by atomic mass is 10.0. The van der Waals surface area contributed by atoms with Gasteiger partial charge in [0.1, 0.15) is 11.3 Å². The number of methoxy groups -OCH3 is 1. The Morgan fingerprint density at radius 1 is 1.16 bits per heavy atom. The fraction of sp³-hybridized carbons (Fsp3) is 0.208. The number of aromatic amines is 2. The number of H-pyrrole nitrogens is 2. The Morgan fingerprint density at radius 3 is 2.69 bits per heavy atom. The van der Waals surface area contributed by atoms with Crippen molar-refractivity contribution < 1.29 is 9.84 Å². The molecule has 32 heavy (non-hydrogen) atoms. The molecule has 1 atom stereocenters. The van der Waals surface area contributed by atoms with Crippen LogP contribution in [0.2, 0.25) is 0 Å². The third-order valence-electron chi connectivity index (χ3n) is 5.46. The van der Waals surface area contributed by atoms with E-state index in [9.17, 15) is 14.7 Å². The van der Waals surface area contributed by atoms with Crippen molar-refractivity contribution in [2.45, 2.75) is 25.8 Å². The lowest BCUT2D eigenvalue weighted by molar-refractivity contribution is 0.401. The first kappa shape index (κ1) is 21.2. The molecule has 4 rings (SSSR count). The molecule has 0 spiro atoms. The molecule has 0 bridgehead atoms. The van der Waals surface area contributed by atoms with E-state index >= 15 is 0 Å². The average Bonchev–Trinajstić information content (AvgIpc) is 3.21. The first-order valence-corrected chi connectivity index (χ1v) is 10.3. The standard InChI is InChI=1S/C24H24N4O4/c1-3-16(12-15-13-26-19-9-5-4-8-17(15)19)25-14-18-22(29)27-24(31)28(23(18)30)20-10-6-7-11-21(20)32-2/h4-11,13-14,16,26,30H,3,12H2,1-2H3,(H,27,29,31). The van der Waals surface area contributed by atoms with Gasteiger partial charge in [0.25, 0.3) is 5.56 Å². The summed E-state index contributed by atoms with van der Waals surface area (Å²) in [7, 11) is 1.46. The Labute approximate surface area is 183 Å². The van der Waals surface area contributed by atoms with Gasteiger partial charge >= 0.3 is 5.69 Å².